The van der Waals surface area contributed by atoms with Crippen LogP contribution in [0.4, 0.5) is 0 Å². The Hall–Kier alpha value is -1.14. The van der Waals surface area contributed by atoms with Crippen molar-refractivity contribution in [3.63, 3.8) is 0 Å². The van der Waals surface area contributed by atoms with Gasteiger partial charge in [-0.15, -0.1) is 22.7 Å². The number of hydrogen-bond acceptors (Lipinski definition) is 4. The number of aromatic nitrogens is 2. The Morgan fingerprint density at radius 2 is 2.19 bits per heavy atom. The highest BCUT2D eigenvalue weighted by atomic mass is 35.5. The fourth-order valence-electron chi connectivity index (χ4n) is 2.27. The average molecular weight is 338 g/mol. The molecule has 21 heavy (non-hydrogen) atoms. The molecule has 0 aliphatic rings. The third-order valence-electron chi connectivity index (χ3n) is 3.18. The predicted molar refractivity (Wildman–Crippen MR) is 90.3 cm³/mol. The molecular weight excluding hydrogens is 322 g/mol. The molecule has 0 saturated carbocycles. The average Bonchev–Trinajstić information content (AvgIpc) is 3.18. The number of hydrogen-bond donors (Lipinski definition) is 1. The third-order valence-corrected chi connectivity index (χ3v) is 5.41. The molecule has 3 nitrogen and oxygen atoms in total. The maximum Gasteiger partial charge on any atom is 0.0931 e. The summed E-state index contributed by atoms with van der Waals surface area (Å²) in [5.74, 6) is 0. The van der Waals surface area contributed by atoms with Crippen LogP contribution in [-0.4, -0.2) is 15.8 Å². The van der Waals surface area contributed by atoms with Gasteiger partial charge in [0.15, 0.2) is 0 Å². The molecule has 3 aromatic rings. The summed E-state index contributed by atoms with van der Waals surface area (Å²) >= 11 is 9.49. The molecule has 0 aliphatic heterocycles. The molecule has 0 radical (unpaired) electrons. The van der Waals surface area contributed by atoms with E-state index in [4.69, 9.17) is 11.6 Å². The standard InChI is InChI=1S/C15H16ClN3S2/c1-11(10-19-8-3-7-17-19)18-15(12-4-2-9-20-12)13-5-6-14(16)21-13/h2-9,11,15,18H,10H2,1H3. The van der Waals surface area contributed by atoms with Crippen molar-refractivity contribution < 1.29 is 0 Å². The zero-order chi connectivity index (χ0) is 14.7. The quantitative estimate of drug-likeness (QED) is 0.721. The topological polar surface area (TPSA) is 29.9 Å². The molecule has 3 heterocycles. The molecule has 0 aromatic carbocycles. The lowest BCUT2D eigenvalue weighted by atomic mass is 10.1. The molecule has 1 N–H and O–H groups in total. The van der Waals surface area contributed by atoms with E-state index >= 15 is 0 Å². The molecule has 2 atom stereocenters. The summed E-state index contributed by atoms with van der Waals surface area (Å²) in [6, 6.07) is 10.7. The van der Waals surface area contributed by atoms with Gasteiger partial charge < -0.3 is 5.32 Å². The maximum absolute atomic E-state index is 6.10. The lowest BCUT2D eigenvalue weighted by molar-refractivity contribution is 0.429. The highest BCUT2D eigenvalue weighted by Gasteiger charge is 2.19. The molecule has 3 rings (SSSR count). The Bertz CT molecular complexity index is 661. The summed E-state index contributed by atoms with van der Waals surface area (Å²) < 4.78 is 2.78. The zero-order valence-electron chi connectivity index (χ0n) is 11.6. The predicted octanol–water partition coefficient (Wildman–Crippen LogP) is 4.43. The van der Waals surface area contributed by atoms with Crippen molar-refractivity contribution in [3.8, 4) is 0 Å². The first-order chi connectivity index (χ1) is 10.2. The Morgan fingerprint density at radius 3 is 2.81 bits per heavy atom. The SMILES string of the molecule is CC(Cn1cccn1)NC(c1cccs1)c1ccc(Cl)s1. The molecule has 6 heteroatoms. The molecule has 0 fully saturated rings. The Balaban J connectivity index is 1.76. The van der Waals surface area contributed by atoms with E-state index in [0.29, 0.717) is 6.04 Å². The lowest BCUT2D eigenvalue weighted by Gasteiger charge is -2.21. The van der Waals surface area contributed by atoms with Crippen LogP contribution in [0.2, 0.25) is 4.34 Å². The number of nitrogens with zero attached hydrogens (tertiary/aromatic N) is 2. The molecule has 0 bridgehead atoms. The molecule has 0 spiro atoms. The van der Waals surface area contributed by atoms with Gasteiger partial charge in [0.05, 0.1) is 16.9 Å². The van der Waals surface area contributed by atoms with Gasteiger partial charge in [0.25, 0.3) is 0 Å². The van der Waals surface area contributed by atoms with E-state index in [2.05, 4.69) is 40.9 Å². The fourth-order valence-corrected chi connectivity index (χ4v) is 4.29. The maximum atomic E-state index is 6.10. The van der Waals surface area contributed by atoms with Crippen LogP contribution in [0.3, 0.4) is 0 Å². The Labute approximate surface area is 137 Å². The van der Waals surface area contributed by atoms with Crippen molar-refractivity contribution in [3.05, 3.63) is 62.2 Å². The number of rotatable bonds is 6. The van der Waals surface area contributed by atoms with Crippen molar-refractivity contribution in [2.75, 3.05) is 0 Å². The Kier molecular flexibility index (Phi) is 4.75. The highest BCUT2D eigenvalue weighted by molar-refractivity contribution is 7.16. The van der Waals surface area contributed by atoms with E-state index in [0.717, 1.165) is 10.9 Å². The summed E-state index contributed by atoms with van der Waals surface area (Å²) in [5.41, 5.74) is 0. The van der Waals surface area contributed by atoms with E-state index in [-0.39, 0.29) is 6.04 Å². The van der Waals surface area contributed by atoms with Crippen LogP contribution in [0.1, 0.15) is 22.7 Å². The summed E-state index contributed by atoms with van der Waals surface area (Å²) in [4.78, 5) is 2.55. The monoisotopic (exact) mass is 337 g/mol. The largest absolute Gasteiger partial charge is 0.301 e. The summed E-state index contributed by atoms with van der Waals surface area (Å²) in [6.07, 6.45) is 3.79. The van der Waals surface area contributed by atoms with Gasteiger partial charge in [-0.3, -0.25) is 4.68 Å². The van der Waals surface area contributed by atoms with Crippen molar-refractivity contribution in [1.29, 1.82) is 0 Å². The van der Waals surface area contributed by atoms with E-state index in [1.807, 2.05) is 29.2 Å². The molecule has 0 aliphatic carbocycles. The second-order valence-electron chi connectivity index (χ2n) is 4.89. The second-order valence-corrected chi connectivity index (χ2v) is 7.61. The van der Waals surface area contributed by atoms with Crippen LogP contribution in [-0.2, 0) is 6.54 Å². The lowest BCUT2D eigenvalue weighted by Crippen LogP contribution is -2.34. The van der Waals surface area contributed by atoms with Gasteiger partial charge in [0, 0.05) is 28.2 Å². The van der Waals surface area contributed by atoms with E-state index in [9.17, 15) is 0 Å². The van der Waals surface area contributed by atoms with E-state index in [1.54, 1.807) is 22.7 Å². The minimum absolute atomic E-state index is 0.188. The molecule has 110 valence electrons. The second kappa shape index (κ2) is 6.75. The minimum atomic E-state index is 0.188. The van der Waals surface area contributed by atoms with Gasteiger partial charge >= 0.3 is 0 Å². The van der Waals surface area contributed by atoms with Crippen LogP contribution in [0.15, 0.2) is 48.1 Å². The number of nitrogens with one attached hydrogen (secondary N) is 1. The molecule has 0 saturated heterocycles. The van der Waals surface area contributed by atoms with Gasteiger partial charge in [0.1, 0.15) is 0 Å². The van der Waals surface area contributed by atoms with Crippen molar-refractivity contribution in [2.45, 2.75) is 25.6 Å². The zero-order valence-corrected chi connectivity index (χ0v) is 14.0. The van der Waals surface area contributed by atoms with Crippen molar-refractivity contribution >= 4 is 34.3 Å². The first-order valence-corrected chi connectivity index (χ1v) is 8.82. The first kappa shape index (κ1) is 14.8. The van der Waals surface area contributed by atoms with Gasteiger partial charge in [-0.25, -0.2) is 0 Å². The van der Waals surface area contributed by atoms with Crippen LogP contribution in [0.25, 0.3) is 0 Å². The number of halogens is 1. The van der Waals surface area contributed by atoms with E-state index < -0.39 is 0 Å². The van der Waals surface area contributed by atoms with Gasteiger partial charge in [-0.2, -0.15) is 5.10 Å². The third kappa shape index (κ3) is 3.74. The van der Waals surface area contributed by atoms with Crippen LogP contribution in [0.5, 0.6) is 0 Å². The molecule has 2 unspecified atom stereocenters. The van der Waals surface area contributed by atoms with Gasteiger partial charge in [-0.05, 0) is 36.6 Å². The highest BCUT2D eigenvalue weighted by Crippen LogP contribution is 2.33. The normalized spacial score (nSPS) is 14.2. The van der Waals surface area contributed by atoms with Crippen LogP contribution < -0.4 is 5.32 Å². The van der Waals surface area contributed by atoms with E-state index in [1.165, 1.54) is 9.75 Å². The number of thiophene rings is 2. The summed E-state index contributed by atoms with van der Waals surface area (Å²) in [7, 11) is 0. The molecule has 0 amide bonds. The fraction of sp³-hybridized carbons (Fsp3) is 0.267. The first-order valence-electron chi connectivity index (χ1n) is 6.74. The molecule has 3 aromatic heterocycles. The molecular formula is C15H16ClN3S2. The summed E-state index contributed by atoms with van der Waals surface area (Å²) in [5, 5.41) is 10.1. The van der Waals surface area contributed by atoms with Gasteiger partial charge in [0.2, 0.25) is 0 Å². The van der Waals surface area contributed by atoms with Gasteiger partial charge in [-0.1, -0.05) is 17.7 Å². The van der Waals surface area contributed by atoms with Crippen molar-refractivity contribution in [2.24, 2.45) is 0 Å². The van der Waals surface area contributed by atoms with Crippen LogP contribution >= 0.6 is 34.3 Å². The van der Waals surface area contributed by atoms with Crippen molar-refractivity contribution in [1.82, 2.24) is 15.1 Å². The summed E-state index contributed by atoms with van der Waals surface area (Å²) in [6.45, 7) is 3.02. The smallest absolute Gasteiger partial charge is 0.0931 e. The minimum Gasteiger partial charge on any atom is -0.301 e. The Morgan fingerprint density at radius 1 is 1.29 bits per heavy atom. The van der Waals surface area contributed by atoms with Crippen LogP contribution in [0, 0.1) is 0 Å².